The van der Waals surface area contributed by atoms with Gasteiger partial charge in [0, 0.05) is 34.7 Å². The number of aromatic amines is 1. The van der Waals surface area contributed by atoms with Crippen LogP contribution in [-0.4, -0.2) is 41.5 Å². The summed E-state index contributed by atoms with van der Waals surface area (Å²) in [7, 11) is 0. The third kappa shape index (κ3) is 5.29. The molecule has 0 amide bonds. The maximum absolute atomic E-state index is 15.8. The average Bonchev–Trinajstić information content (AvgIpc) is 3.18. The zero-order chi connectivity index (χ0) is 26.3. The number of para-hydroxylation sites is 1. The summed E-state index contributed by atoms with van der Waals surface area (Å²) in [6, 6.07) is 8.63. The van der Waals surface area contributed by atoms with E-state index in [4.69, 9.17) is 0 Å². The Morgan fingerprint density at radius 3 is 2.38 bits per heavy atom. The van der Waals surface area contributed by atoms with Crippen LogP contribution in [0.4, 0.5) is 22.0 Å². The molecule has 2 heterocycles. The van der Waals surface area contributed by atoms with Crippen LogP contribution in [0.15, 0.2) is 36.4 Å². The fraction of sp³-hybridized carbons (Fsp3) is 0.533. The summed E-state index contributed by atoms with van der Waals surface area (Å²) >= 11 is 0. The van der Waals surface area contributed by atoms with Crippen LogP contribution in [0.5, 0.6) is 0 Å². The Morgan fingerprint density at radius 1 is 1.03 bits per heavy atom. The number of nitrogens with zero attached hydrogens (tertiary/aromatic N) is 1. The number of hydrogen-bond acceptors (Lipinski definition) is 1. The lowest BCUT2D eigenvalue weighted by Gasteiger charge is -2.43. The van der Waals surface area contributed by atoms with E-state index in [2.05, 4.69) is 4.98 Å². The molecule has 200 valence electrons. The molecule has 37 heavy (non-hydrogen) atoms. The first-order chi connectivity index (χ1) is 17.7. The number of halogens is 5. The molecule has 3 aromatic rings. The Morgan fingerprint density at radius 2 is 1.73 bits per heavy atom. The van der Waals surface area contributed by atoms with Gasteiger partial charge >= 0.3 is 0 Å². The van der Waals surface area contributed by atoms with E-state index in [1.807, 2.05) is 24.3 Å². The van der Waals surface area contributed by atoms with Crippen LogP contribution in [-0.2, 0) is 12.8 Å². The average molecular weight is 519 g/mol. The van der Waals surface area contributed by atoms with Gasteiger partial charge in [-0.15, -0.1) is 0 Å². The van der Waals surface area contributed by atoms with Crippen molar-refractivity contribution in [3.05, 3.63) is 70.4 Å². The molecule has 1 fully saturated rings. The Bertz CT molecular complexity index is 1220. The number of alkyl halides is 3. The maximum atomic E-state index is 15.8. The molecular formula is C30H35F5N2. The van der Waals surface area contributed by atoms with E-state index < -0.39 is 36.1 Å². The van der Waals surface area contributed by atoms with Crippen molar-refractivity contribution in [2.24, 2.45) is 11.8 Å². The van der Waals surface area contributed by atoms with E-state index in [-0.39, 0.29) is 18.8 Å². The van der Waals surface area contributed by atoms with Gasteiger partial charge in [-0.05, 0) is 93.5 Å². The molecule has 0 bridgehead atoms. The van der Waals surface area contributed by atoms with Crippen LogP contribution in [0.25, 0.3) is 10.9 Å². The molecular weight excluding hydrogens is 483 g/mol. The SMILES string of the molecule is CC(C)(F)CN1[C@H](CF)Cc2c([nH]c3ccccc23)[C@H]1c1c(F)cc(CC2CC(CCCF)C2)cc1F. The summed E-state index contributed by atoms with van der Waals surface area (Å²) in [5.41, 5.74) is 0.947. The summed E-state index contributed by atoms with van der Waals surface area (Å²) in [4.78, 5) is 4.90. The predicted octanol–water partition coefficient (Wildman–Crippen LogP) is 7.80. The molecule has 2 aromatic carbocycles. The van der Waals surface area contributed by atoms with E-state index in [9.17, 15) is 13.2 Å². The van der Waals surface area contributed by atoms with Crippen LogP contribution in [0.3, 0.4) is 0 Å². The molecule has 1 aliphatic heterocycles. The normalized spacial score (nSPS) is 24.3. The van der Waals surface area contributed by atoms with E-state index in [1.165, 1.54) is 26.0 Å². The molecule has 0 saturated heterocycles. The van der Waals surface area contributed by atoms with Crippen molar-refractivity contribution in [1.29, 1.82) is 0 Å². The summed E-state index contributed by atoms with van der Waals surface area (Å²) in [6.45, 7) is 1.57. The van der Waals surface area contributed by atoms with Crippen molar-refractivity contribution in [3.63, 3.8) is 0 Å². The first kappa shape index (κ1) is 26.2. The Kier molecular flexibility index (Phi) is 7.36. The molecule has 1 saturated carbocycles. The minimum atomic E-state index is -1.69. The van der Waals surface area contributed by atoms with Gasteiger partial charge in [0.15, 0.2) is 0 Å². The van der Waals surface area contributed by atoms with E-state index in [1.54, 1.807) is 4.90 Å². The highest BCUT2D eigenvalue weighted by Gasteiger charge is 2.42. The molecule has 7 heteroatoms. The third-order valence-electron chi connectivity index (χ3n) is 8.11. The molecule has 2 atom stereocenters. The lowest BCUT2D eigenvalue weighted by molar-refractivity contribution is 0.0477. The van der Waals surface area contributed by atoms with Crippen molar-refractivity contribution in [2.75, 3.05) is 19.9 Å². The van der Waals surface area contributed by atoms with Crippen molar-refractivity contribution in [3.8, 4) is 0 Å². The van der Waals surface area contributed by atoms with Gasteiger partial charge in [-0.1, -0.05) is 18.2 Å². The molecule has 2 aliphatic rings. The number of benzene rings is 2. The fourth-order valence-electron chi connectivity index (χ4n) is 6.50. The van der Waals surface area contributed by atoms with E-state index in [0.29, 0.717) is 42.4 Å². The largest absolute Gasteiger partial charge is 0.357 e. The quantitative estimate of drug-likeness (QED) is 0.286. The topological polar surface area (TPSA) is 19.0 Å². The zero-order valence-electron chi connectivity index (χ0n) is 21.5. The third-order valence-corrected chi connectivity index (χ3v) is 8.11. The monoisotopic (exact) mass is 518 g/mol. The standard InChI is InChI=1S/C30H35F5N2/c1-30(2,35)17-37-21(16-32)15-23-22-7-3-4-8-26(22)36-28(23)29(37)27-24(33)13-20(14-25(27)34)12-19-10-18(11-19)6-5-9-31/h3-4,7-8,13-14,18-19,21,29,36H,5-6,9-12,15-17H2,1-2H3/t18?,19?,21-,29+/m0/s1. The second-order valence-corrected chi connectivity index (χ2v) is 11.6. The molecule has 2 nitrogen and oxygen atoms in total. The maximum Gasteiger partial charge on any atom is 0.131 e. The van der Waals surface area contributed by atoms with Crippen LogP contribution in [0.1, 0.15) is 68.0 Å². The zero-order valence-corrected chi connectivity index (χ0v) is 21.5. The van der Waals surface area contributed by atoms with Gasteiger partial charge in [-0.2, -0.15) is 0 Å². The lowest BCUT2D eigenvalue weighted by atomic mass is 9.70. The molecule has 1 N–H and O–H groups in total. The van der Waals surface area contributed by atoms with Crippen molar-refractivity contribution < 1.29 is 22.0 Å². The lowest BCUT2D eigenvalue weighted by Crippen LogP contribution is -2.50. The summed E-state index contributed by atoms with van der Waals surface area (Å²) in [6.07, 6.45) is 4.22. The highest BCUT2D eigenvalue weighted by molar-refractivity contribution is 5.85. The first-order valence-electron chi connectivity index (χ1n) is 13.3. The number of fused-ring (bicyclic) bond motifs is 3. The Hall–Kier alpha value is -2.41. The number of aromatic nitrogens is 1. The van der Waals surface area contributed by atoms with E-state index >= 15 is 8.78 Å². The number of rotatable bonds is 9. The van der Waals surface area contributed by atoms with Crippen molar-refractivity contribution in [2.45, 2.75) is 70.1 Å². The highest BCUT2D eigenvalue weighted by Crippen LogP contribution is 2.44. The predicted molar refractivity (Wildman–Crippen MR) is 137 cm³/mol. The molecule has 0 spiro atoms. The smallest absolute Gasteiger partial charge is 0.131 e. The molecule has 1 aromatic heterocycles. The fourth-order valence-corrected chi connectivity index (χ4v) is 6.50. The second kappa shape index (κ2) is 10.4. The second-order valence-electron chi connectivity index (χ2n) is 11.6. The summed E-state index contributed by atoms with van der Waals surface area (Å²) < 4.78 is 73.3. The van der Waals surface area contributed by atoms with Gasteiger partial charge in [0.05, 0.1) is 12.7 Å². The molecule has 0 unspecified atom stereocenters. The van der Waals surface area contributed by atoms with Crippen LogP contribution < -0.4 is 0 Å². The van der Waals surface area contributed by atoms with Gasteiger partial charge in [-0.3, -0.25) is 9.29 Å². The molecule has 5 rings (SSSR count). The minimum Gasteiger partial charge on any atom is -0.357 e. The van der Waals surface area contributed by atoms with Crippen LogP contribution >= 0.6 is 0 Å². The molecule has 0 radical (unpaired) electrons. The number of nitrogens with one attached hydrogen (secondary N) is 1. The summed E-state index contributed by atoms with van der Waals surface area (Å²) in [5.74, 6) is -0.560. The number of H-pyrrole nitrogens is 1. The van der Waals surface area contributed by atoms with Gasteiger partial charge in [0.2, 0.25) is 0 Å². The van der Waals surface area contributed by atoms with Gasteiger partial charge in [0.1, 0.15) is 24.0 Å². The van der Waals surface area contributed by atoms with E-state index in [0.717, 1.165) is 35.7 Å². The van der Waals surface area contributed by atoms with Gasteiger partial charge in [0.25, 0.3) is 0 Å². The Balaban J connectivity index is 1.51. The highest BCUT2D eigenvalue weighted by atomic mass is 19.1. The first-order valence-corrected chi connectivity index (χ1v) is 13.3. The Labute approximate surface area is 215 Å². The molecule has 1 aliphatic carbocycles. The van der Waals surface area contributed by atoms with Gasteiger partial charge in [-0.25, -0.2) is 17.6 Å². The van der Waals surface area contributed by atoms with Crippen molar-refractivity contribution in [1.82, 2.24) is 9.88 Å². The summed E-state index contributed by atoms with van der Waals surface area (Å²) in [5, 5.41) is 0.893. The number of hydrogen-bond donors (Lipinski definition) is 1. The minimum absolute atomic E-state index is 0.163. The van der Waals surface area contributed by atoms with Crippen molar-refractivity contribution >= 4 is 10.9 Å². The van der Waals surface area contributed by atoms with Crippen LogP contribution in [0.2, 0.25) is 0 Å². The van der Waals surface area contributed by atoms with Gasteiger partial charge < -0.3 is 4.98 Å². The van der Waals surface area contributed by atoms with Crippen LogP contribution in [0, 0.1) is 23.5 Å².